The van der Waals surface area contributed by atoms with Gasteiger partial charge in [-0.1, -0.05) is 26.2 Å². The lowest BCUT2D eigenvalue weighted by molar-refractivity contribution is -0.144. The number of hydrogen-bond donors (Lipinski definition) is 0. The molecule has 1 saturated heterocycles. The van der Waals surface area contributed by atoms with E-state index in [1.165, 1.54) is 19.3 Å². The summed E-state index contributed by atoms with van der Waals surface area (Å²) in [5.74, 6) is 1.69. The van der Waals surface area contributed by atoms with Crippen LogP contribution < -0.4 is 9.47 Å². The van der Waals surface area contributed by atoms with Gasteiger partial charge in [-0.3, -0.25) is 0 Å². The maximum atomic E-state index is 5.85. The van der Waals surface area contributed by atoms with Crippen molar-refractivity contribution in [2.75, 3.05) is 26.4 Å². The molecule has 0 saturated carbocycles. The second kappa shape index (κ2) is 9.70. The lowest BCUT2D eigenvalue weighted by Gasteiger charge is -2.29. The Morgan fingerprint density at radius 2 is 1.55 bits per heavy atom. The molecule has 1 aromatic carbocycles. The van der Waals surface area contributed by atoms with Crippen molar-refractivity contribution in [3.05, 3.63) is 24.3 Å². The molecule has 0 spiro atoms. The van der Waals surface area contributed by atoms with Crippen LogP contribution in [0.4, 0.5) is 0 Å². The molecule has 2 rings (SSSR count). The minimum Gasteiger partial charge on any atom is -0.494 e. The van der Waals surface area contributed by atoms with Crippen LogP contribution in [0.1, 0.15) is 39.5 Å². The molecular formula is C18H28O4. The van der Waals surface area contributed by atoms with Gasteiger partial charge in [-0.05, 0) is 37.6 Å². The van der Waals surface area contributed by atoms with Crippen LogP contribution in [-0.2, 0) is 9.47 Å². The fourth-order valence-electron chi connectivity index (χ4n) is 2.46. The molecule has 1 aliphatic rings. The van der Waals surface area contributed by atoms with E-state index in [4.69, 9.17) is 18.9 Å². The van der Waals surface area contributed by atoms with Gasteiger partial charge >= 0.3 is 0 Å². The first kappa shape index (κ1) is 17.1. The van der Waals surface area contributed by atoms with E-state index in [1.54, 1.807) is 0 Å². The van der Waals surface area contributed by atoms with Crippen LogP contribution in [0, 0.1) is 0 Å². The van der Waals surface area contributed by atoms with Gasteiger partial charge in [0.2, 0.25) is 0 Å². The Bertz CT molecular complexity index is 396. The predicted molar refractivity (Wildman–Crippen MR) is 86.7 cm³/mol. The molecule has 4 heteroatoms. The first-order valence-electron chi connectivity index (χ1n) is 8.40. The van der Waals surface area contributed by atoms with E-state index < -0.39 is 0 Å². The lowest BCUT2D eigenvalue weighted by Crippen LogP contribution is -2.38. The van der Waals surface area contributed by atoms with Crippen molar-refractivity contribution >= 4 is 0 Å². The van der Waals surface area contributed by atoms with Crippen LogP contribution in [0.5, 0.6) is 11.5 Å². The second-order valence-electron chi connectivity index (χ2n) is 5.62. The molecule has 2 atom stereocenters. The highest BCUT2D eigenvalue weighted by atomic mass is 16.6. The number of ether oxygens (including phenoxy) is 4. The van der Waals surface area contributed by atoms with Gasteiger partial charge < -0.3 is 18.9 Å². The van der Waals surface area contributed by atoms with E-state index in [2.05, 4.69) is 6.92 Å². The summed E-state index contributed by atoms with van der Waals surface area (Å²) in [4.78, 5) is 0. The van der Waals surface area contributed by atoms with E-state index in [1.807, 2.05) is 31.2 Å². The van der Waals surface area contributed by atoms with E-state index in [0.29, 0.717) is 26.4 Å². The van der Waals surface area contributed by atoms with Crippen LogP contribution in [0.3, 0.4) is 0 Å². The van der Waals surface area contributed by atoms with Crippen molar-refractivity contribution in [1.29, 1.82) is 0 Å². The molecule has 0 radical (unpaired) electrons. The van der Waals surface area contributed by atoms with Crippen LogP contribution in [0.25, 0.3) is 0 Å². The van der Waals surface area contributed by atoms with E-state index >= 15 is 0 Å². The zero-order valence-electron chi connectivity index (χ0n) is 13.8. The van der Waals surface area contributed by atoms with Gasteiger partial charge in [-0.15, -0.1) is 0 Å². The van der Waals surface area contributed by atoms with E-state index in [-0.39, 0.29) is 12.2 Å². The first-order chi connectivity index (χ1) is 10.8. The molecule has 1 aromatic rings. The SMILES string of the molecule is CCCCC[C@H]1CO[C@H](COc2ccc(OCC)cc2)CO1. The Morgan fingerprint density at radius 1 is 0.909 bits per heavy atom. The molecule has 0 aromatic heterocycles. The van der Waals surface area contributed by atoms with E-state index in [9.17, 15) is 0 Å². The molecule has 124 valence electrons. The lowest BCUT2D eigenvalue weighted by atomic mass is 10.1. The summed E-state index contributed by atoms with van der Waals surface area (Å²) < 4.78 is 22.8. The van der Waals surface area contributed by atoms with Crippen molar-refractivity contribution in [2.24, 2.45) is 0 Å². The standard InChI is InChI=1S/C18H28O4/c1-3-5-6-7-17-12-22-18(14-21-17)13-20-16-10-8-15(9-11-16)19-4-2/h8-11,17-18H,3-7,12-14H2,1-2H3/t17-,18+/m0/s1. The number of unbranched alkanes of at least 4 members (excludes halogenated alkanes) is 2. The van der Waals surface area contributed by atoms with Gasteiger partial charge in [0.25, 0.3) is 0 Å². The topological polar surface area (TPSA) is 36.9 Å². The summed E-state index contributed by atoms with van der Waals surface area (Å²) in [5, 5.41) is 0. The second-order valence-corrected chi connectivity index (χ2v) is 5.62. The zero-order chi connectivity index (χ0) is 15.6. The quantitative estimate of drug-likeness (QED) is 0.650. The van der Waals surface area contributed by atoms with Gasteiger partial charge in [0, 0.05) is 0 Å². The third-order valence-electron chi connectivity index (χ3n) is 3.74. The molecule has 1 heterocycles. The number of benzene rings is 1. The van der Waals surface area contributed by atoms with Crippen molar-refractivity contribution < 1.29 is 18.9 Å². The molecule has 0 amide bonds. The van der Waals surface area contributed by atoms with Gasteiger partial charge in [-0.2, -0.15) is 0 Å². The third-order valence-corrected chi connectivity index (χ3v) is 3.74. The van der Waals surface area contributed by atoms with Crippen molar-refractivity contribution in [1.82, 2.24) is 0 Å². The van der Waals surface area contributed by atoms with Gasteiger partial charge in [0.05, 0.1) is 25.9 Å². The molecule has 0 bridgehead atoms. The highest BCUT2D eigenvalue weighted by Crippen LogP contribution is 2.19. The Hall–Kier alpha value is -1.26. The fraction of sp³-hybridized carbons (Fsp3) is 0.667. The predicted octanol–water partition coefficient (Wildman–Crippen LogP) is 3.83. The fourth-order valence-corrected chi connectivity index (χ4v) is 2.46. The summed E-state index contributed by atoms with van der Waals surface area (Å²) in [6.45, 7) is 6.68. The summed E-state index contributed by atoms with van der Waals surface area (Å²) in [7, 11) is 0. The molecule has 0 unspecified atom stereocenters. The summed E-state index contributed by atoms with van der Waals surface area (Å²) in [6, 6.07) is 7.67. The Balaban J connectivity index is 1.64. The van der Waals surface area contributed by atoms with Crippen molar-refractivity contribution in [2.45, 2.75) is 51.7 Å². The molecule has 4 nitrogen and oxygen atoms in total. The Labute approximate surface area is 133 Å². The van der Waals surface area contributed by atoms with Gasteiger partial charge in [-0.25, -0.2) is 0 Å². The Morgan fingerprint density at radius 3 is 2.14 bits per heavy atom. The maximum Gasteiger partial charge on any atom is 0.119 e. The van der Waals surface area contributed by atoms with Crippen LogP contribution in [0.15, 0.2) is 24.3 Å². The molecule has 0 N–H and O–H groups in total. The average molecular weight is 308 g/mol. The zero-order valence-corrected chi connectivity index (χ0v) is 13.8. The minimum absolute atomic E-state index is 0.0222. The van der Waals surface area contributed by atoms with E-state index in [0.717, 1.165) is 17.9 Å². The van der Waals surface area contributed by atoms with Crippen LogP contribution in [-0.4, -0.2) is 38.6 Å². The number of rotatable bonds is 9. The number of hydrogen-bond acceptors (Lipinski definition) is 4. The Kier molecular flexibility index (Phi) is 7.54. The van der Waals surface area contributed by atoms with Crippen LogP contribution >= 0.6 is 0 Å². The minimum atomic E-state index is 0.0222. The van der Waals surface area contributed by atoms with Crippen molar-refractivity contribution in [3.8, 4) is 11.5 Å². The summed E-state index contributed by atoms with van der Waals surface area (Å²) in [6.07, 6.45) is 5.11. The molecule has 1 fully saturated rings. The molecule has 1 aliphatic heterocycles. The van der Waals surface area contributed by atoms with Crippen molar-refractivity contribution in [3.63, 3.8) is 0 Å². The molecular weight excluding hydrogens is 280 g/mol. The first-order valence-corrected chi connectivity index (χ1v) is 8.40. The van der Waals surface area contributed by atoms with Gasteiger partial charge in [0.15, 0.2) is 0 Å². The highest BCUT2D eigenvalue weighted by molar-refractivity contribution is 5.31. The van der Waals surface area contributed by atoms with Gasteiger partial charge in [0.1, 0.15) is 24.2 Å². The highest BCUT2D eigenvalue weighted by Gasteiger charge is 2.22. The summed E-state index contributed by atoms with van der Waals surface area (Å²) in [5.41, 5.74) is 0. The average Bonchev–Trinajstić information content (AvgIpc) is 2.56. The van der Waals surface area contributed by atoms with Crippen LogP contribution in [0.2, 0.25) is 0 Å². The largest absolute Gasteiger partial charge is 0.494 e. The summed E-state index contributed by atoms with van der Waals surface area (Å²) >= 11 is 0. The monoisotopic (exact) mass is 308 g/mol. The normalized spacial score (nSPS) is 21.5. The molecule has 22 heavy (non-hydrogen) atoms. The maximum absolute atomic E-state index is 5.85. The molecule has 0 aliphatic carbocycles. The third kappa shape index (κ3) is 5.85. The smallest absolute Gasteiger partial charge is 0.119 e.